The number of carbonyl (C=O) groups is 1. The monoisotopic (exact) mass is 369 g/mol. The first-order valence-electron chi connectivity index (χ1n) is 8.28. The molecule has 0 bridgehead atoms. The fourth-order valence-electron chi connectivity index (χ4n) is 2.76. The minimum absolute atomic E-state index is 0.343. The second kappa shape index (κ2) is 7.90. The summed E-state index contributed by atoms with van der Waals surface area (Å²) >= 11 is 0. The number of amides is 1. The van der Waals surface area contributed by atoms with Crippen molar-refractivity contribution >= 4 is 5.91 Å². The van der Waals surface area contributed by atoms with Crippen LogP contribution in [0.4, 0.5) is 4.39 Å². The average Bonchev–Trinajstić information content (AvgIpc) is 3.11. The number of ether oxygens (including phenoxy) is 2. The molecule has 0 saturated carbocycles. The first-order chi connectivity index (χ1) is 13.0. The third-order valence-electron chi connectivity index (χ3n) is 4.21. The van der Waals surface area contributed by atoms with Crippen molar-refractivity contribution in [2.24, 2.45) is 7.05 Å². The van der Waals surface area contributed by atoms with Crippen molar-refractivity contribution in [3.05, 3.63) is 77.6 Å². The van der Waals surface area contributed by atoms with E-state index in [1.165, 1.54) is 24.3 Å². The Kier molecular flexibility index (Phi) is 5.40. The summed E-state index contributed by atoms with van der Waals surface area (Å²) in [4.78, 5) is 17.1. The summed E-state index contributed by atoms with van der Waals surface area (Å²) in [5, 5.41) is 2.96. The normalized spacial score (nSPS) is 11.7. The SMILES string of the molecule is COc1cc(OC)cc(C(NC(=O)c2ccc(F)cc2)c2nccn2C)c1. The van der Waals surface area contributed by atoms with Gasteiger partial charge in [0.1, 0.15) is 29.2 Å². The van der Waals surface area contributed by atoms with Crippen molar-refractivity contribution in [3.63, 3.8) is 0 Å². The van der Waals surface area contributed by atoms with Crippen LogP contribution in [0.15, 0.2) is 54.9 Å². The van der Waals surface area contributed by atoms with E-state index in [-0.39, 0.29) is 5.91 Å². The second-order valence-electron chi connectivity index (χ2n) is 5.96. The lowest BCUT2D eigenvalue weighted by Gasteiger charge is -2.20. The molecular weight excluding hydrogens is 349 g/mol. The molecule has 0 fully saturated rings. The van der Waals surface area contributed by atoms with E-state index in [2.05, 4.69) is 10.3 Å². The van der Waals surface area contributed by atoms with Crippen LogP contribution < -0.4 is 14.8 Å². The number of methoxy groups -OCH3 is 2. The number of hydrogen-bond donors (Lipinski definition) is 1. The highest BCUT2D eigenvalue weighted by atomic mass is 19.1. The molecule has 1 atom stereocenters. The van der Waals surface area contributed by atoms with E-state index in [9.17, 15) is 9.18 Å². The van der Waals surface area contributed by atoms with Gasteiger partial charge in [-0.15, -0.1) is 0 Å². The van der Waals surface area contributed by atoms with Gasteiger partial charge in [0.25, 0.3) is 5.91 Å². The Hall–Kier alpha value is -3.35. The van der Waals surface area contributed by atoms with Crippen LogP contribution in [-0.2, 0) is 7.05 Å². The van der Waals surface area contributed by atoms with Crippen molar-refractivity contribution in [2.75, 3.05) is 14.2 Å². The molecule has 1 heterocycles. The van der Waals surface area contributed by atoms with Gasteiger partial charge in [0.15, 0.2) is 0 Å². The van der Waals surface area contributed by atoms with Gasteiger partial charge in [-0.1, -0.05) is 0 Å². The van der Waals surface area contributed by atoms with Crippen LogP contribution in [0.1, 0.15) is 27.8 Å². The van der Waals surface area contributed by atoms with E-state index in [1.54, 1.807) is 32.7 Å². The molecule has 2 aromatic carbocycles. The van der Waals surface area contributed by atoms with Crippen LogP contribution in [0, 0.1) is 5.82 Å². The summed E-state index contributed by atoms with van der Waals surface area (Å²) in [6.07, 6.45) is 3.45. The lowest BCUT2D eigenvalue weighted by Crippen LogP contribution is -2.31. The molecule has 0 aliphatic carbocycles. The molecule has 0 spiro atoms. The van der Waals surface area contributed by atoms with E-state index in [0.717, 1.165) is 5.56 Å². The maximum atomic E-state index is 13.1. The van der Waals surface area contributed by atoms with Crippen molar-refractivity contribution in [3.8, 4) is 11.5 Å². The topological polar surface area (TPSA) is 65.4 Å². The summed E-state index contributed by atoms with van der Waals surface area (Å²) in [5.41, 5.74) is 1.10. The van der Waals surface area contributed by atoms with Crippen molar-refractivity contribution in [1.82, 2.24) is 14.9 Å². The third kappa shape index (κ3) is 4.08. The van der Waals surface area contributed by atoms with Gasteiger partial charge in [-0.3, -0.25) is 4.79 Å². The van der Waals surface area contributed by atoms with Gasteiger partial charge in [-0.25, -0.2) is 9.37 Å². The van der Waals surface area contributed by atoms with Gasteiger partial charge in [-0.2, -0.15) is 0 Å². The minimum Gasteiger partial charge on any atom is -0.497 e. The number of imidazole rings is 1. The molecule has 140 valence electrons. The predicted molar refractivity (Wildman–Crippen MR) is 98.5 cm³/mol. The standard InChI is InChI=1S/C20H20FN3O3/c1-24-9-8-22-19(24)18(14-10-16(26-2)12-17(11-14)27-3)23-20(25)13-4-6-15(21)7-5-13/h4-12,18H,1-3H3,(H,23,25). The van der Waals surface area contributed by atoms with Crippen LogP contribution in [0.5, 0.6) is 11.5 Å². The number of benzene rings is 2. The second-order valence-corrected chi connectivity index (χ2v) is 5.96. The molecule has 1 unspecified atom stereocenters. The van der Waals surface area contributed by atoms with Crippen LogP contribution in [-0.4, -0.2) is 29.7 Å². The summed E-state index contributed by atoms with van der Waals surface area (Å²) in [5.74, 6) is 1.09. The molecule has 7 heteroatoms. The quantitative estimate of drug-likeness (QED) is 0.725. The maximum absolute atomic E-state index is 13.1. The zero-order valence-electron chi connectivity index (χ0n) is 15.3. The number of halogens is 1. The largest absolute Gasteiger partial charge is 0.497 e. The Labute approximate surface area is 156 Å². The maximum Gasteiger partial charge on any atom is 0.252 e. The van der Waals surface area contributed by atoms with Gasteiger partial charge >= 0.3 is 0 Å². The highest BCUT2D eigenvalue weighted by Crippen LogP contribution is 2.29. The van der Waals surface area contributed by atoms with Gasteiger partial charge in [-0.05, 0) is 42.0 Å². The third-order valence-corrected chi connectivity index (χ3v) is 4.21. The molecule has 6 nitrogen and oxygen atoms in total. The van der Waals surface area contributed by atoms with Gasteiger partial charge in [0, 0.05) is 31.1 Å². The number of nitrogens with zero attached hydrogens (tertiary/aromatic N) is 2. The van der Waals surface area contributed by atoms with E-state index in [0.29, 0.717) is 22.9 Å². The summed E-state index contributed by atoms with van der Waals surface area (Å²) in [7, 11) is 4.97. The van der Waals surface area contributed by atoms with Gasteiger partial charge in [0.05, 0.1) is 14.2 Å². The molecule has 1 N–H and O–H groups in total. The van der Waals surface area contributed by atoms with Crippen LogP contribution in [0.3, 0.4) is 0 Å². The smallest absolute Gasteiger partial charge is 0.252 e. The minimum atomic E-state index is -0.549. The summed E-state index contributed by atoms with van der Waals surface area (Å²) < 4.78 is 25.6. The van der Waals surface area contributed by atoms with E-state index in [1.807, 2.05) is 23.7 Å². The summed E-state index contributed by atoms with van der Waals surface area (Å²) in [6, 6.07) is 10.2. The molecule has 27 heavy (non-hydrogen) atoms. The lowest BCUT2D eigenvalue weighted by molar-refractivity contribution is 0.0941. The Bertz CT molecular complexity index is 916. The molecule has 3 rings (SSSR count). The fraction of sp³-hybridized carbons (Fsp3) is 0.200. The molecule has 1 aromatic heterocycles. The van der Waals surface area contributed by atoms with Crippen molar-refractivity contribution in [2.45, 2.75) is 6.04 Å². The average molecular weight is 369 g/mol. The number of carbonyl (C=O) groups excluding carboxylic acids is 1. The first kappa shape index (κ1) is 18.4. The molecule has 1 amide bonds. The molecule has 0 radical (unpaired) electrons. The number of aryl methyl sites for hydroxylation is 1. The Morgan fingerprint density at radius 2 is 1.74 bits per heavy atom. The highest BCUT2D eigenvalue weighted by molar-refractivity contribution is 5.94. The zero-order chi connectivity index (χ0) is 19.4. The van der Waals surface area contributed by atoms with E-state index >= 15 is 0 Å². The highest BCUT2D eigenvalue weighted by Gasteiger charge is 2.23. The predicted octanol–water partition coefficient (Wildman–Crippen LogP) is 3.10. The van der Waals surface area contributed by atoms with Crippen LogP contribution in [0.2, 0.25) is 0 Å². The van der Waals surface area contributed by atoms with Crippen molar-refractivity contribution in [1.29, 1.82) is 0 Å². The number of nitrogens with one attached hydrogen (secondary N) is 1. The summed E-state index contributed by atoms with van der Waals surface area (Å²) in [6.45, 7) is 0. The first-order valence-corrected chi connectivity index (χ1v) is 8.28. The molecule has 0 saturated heterocycles. The Morgan fingerprint density at radius 1 is 1.11 bits per heavy atom. The van der Waals surface area contributed by atoms with Crippen LogP contribution in [0.25, 0.3) is 0 Å². The Balaban J connectivity index is 2.01. The van der Waals surface area contributed by atoms with Crippen molar-refractivity contribution < 1.29 is 18.7 Å². The fourth-order valence-corrected chi connectivity index (χ4v) is 2.76. The number of hydrogen-bond acceptors (Lipinski definition) is 4. The zero-order valence-corrected chi connectivity index (χ0v) is 15.3. The van der Waals surface area contributed by atoms with E-state index in [4.69, 9.17) is 9.47 Å². The molecular formula is C20H20FN3O3. The van der Waals surface area contributed by atoms with E-state index < -0.39 is 11.9 Å². The molecule has 0 aliphatic rings. The van der Waals surface area contributed by atoms with Gasteiger partial charge in [0.2, 0.25) is 0 Å². The van der Waals surface area contributed by atoms with Gasteiger partial charge < -0.3 is 19.4 Å². The molecule has 3 aromatic rings. The Morgan fingerprint density at radius 3 is 2.26 bits per heavy atom. The molecule has 0 aliphatic heterocycles. The number of aromatic nitrogens is 2. The lowest BCUT2D eigenvalue weighted by atomic mass is 10.0. The van der Waals surface area contributed by atoms with Crippen LogP contribution >= 0.6 is 0 Å². The number of rotatable bonds is 6.